The number of guanidine groups is 1. The number of halogens is 2. The number of nitrogens with zero attached hydrogens (tertiary/aromatic N) is 4. The average molecular weight is 486 g/mol. The van der Waals surface area contributed by atoms with E-state index in [1.807, 2.05) is 6.07 Å². The SMILES string of the molecule is CN=C(NCC(=O)N(C)C)N1CCN(Cc2ccc(Cl)s2)CC1.I. The molecular weight excluding hydrogens is 461 g/mol. The van der Waals surface area contributed by atoms with E-state index in [1.54, 1.807) is 37.4 Å². The molecule has 0 aromatic carbocycles. The number of likely N-dealkylation sites (N-methyl/N-ethyl adjacent to an activating group) is 1. The number of carbonyl (C=O) groups excluding carboxylic acids is 1. The summed E-state index contributed by atoms with van der Waals surface area (Å²) < 4.78 is 0.841. The summed E-state index contributed by atoms with van der Waals surface area (Å²) >= 11 is 7.62. The highest BCUT2D eigenvalue weighted by Gasteiger charge is 2.20. The summed E-state index contributed by atoms with van der Waals surface area (Å²) in [6.45, 7) is 4.95. The molecule has 1 saturated heterocycles. The molecule has 1 aliphatic heterocycles. The van der Waals surface area contributed by atoms with Gasteiger partial charge >= 0.3 is 0 Å². The molecule has 1 fully saturated rings. The van der Waals surface area contributed by atoms with E-state index in [0.717, 1.165) is 43.0 Å². The van der Waals surface area contributed by atoms with E-state index in [0.29, 0.717) is 0 Å². The monoisotopic (exact) mass is 485 g/mol. The van der Waals surface area contributed by atoms with Gasteiger partial charge in [0.2, 0.25) is 5.91 Å². The van der Waals surface area contributed by atoms with Crippen LogP contribution in [0.1, 0.15) is 4.88 Å². The fraction of sp³-hybridized carbons (Fsp3) is 0.600. The summed E-state index contributed by atoms with van der Waals surface area (Å²) in [6.07, 6.45) is 0. The summed E-state index contributed by atoms with van der Waals surface area (Å²) in [4.78, 5) is 23.4. The first-order valence-corrected chi connectivity index (χ1v) is 8.81. The standard InChI is InChI=1S/C15H24ClN5OS.HI/c1-17-15(18-10-14(22)19(2)3)21-8-6-20(7-9-21)11-12-4-5-13(16)23-12;/h4-5H,6-11H2,1-3H3,(H,17,18);1H. The Hall–Kier alpha value is -0.580. The van der Waals surface area contributed by atoms with Crippen LogP contribution in [0.3, 0.4) is 0 Å². The maximum absolute atomic E-state index is 11.7. The Morgan fingerprint density at radius 1 is 1.33 bits per heavy atom. The maximum Gasteiger partial charge on any atom is 0.241 e. The summed E-state index contributed by atoms with van der Waals surface area (Å²) in [6, 6.07) is 4.04. The normalized spacial score (nSPS) is 15.8. The molecule has 0 spiro atoms. The minimum absolute atomic E-state index is 0. The first-order chi connectivity index (χ1) is 11.0. The Morgan fingerprint density at radius 2 is 2.00 bits per heavy atom. The predicted molar refractivity (Wildman–Crippen MR) is 112 cm³/mol. The van der Waals surface area contributed by atoms with Gasteiger partial charge in [0.25, 0.3) is 0 Å². The van der Waals surface area contributed by atoms with E-state index in [2.05, 4.69) is 26.2 Å². The van der Waals surface area contributed by atoms with Crippen molar-refractivity contribution in [2.75, 3.05) is 53.9 Å². The van der Waals surface area contributed by atoms with E-state index in [4.69, 9.17) is 11.6 Å². The lowest BCUT2D eigenvalue weighted by Crippen LogP contribution is -2.53. The molecule has 9 heteroatoms. The number of rotatable bonds is 4. The van der Waals surface area contributed by atoms with E-state index in [9.17, 15) is 4.79 Å². The number of amides is 1. The van der Waals surface area contributed by atoms with Crippen molar-refractivity contribution >= 4 is 58.8 Å². The third-order valence-electron chi connectivity index (χ3n) is 3.79. The summed E-state index contributed by atoms with van der Waals surface area (Å²) in [5.74, 6) is 0.832. The van der Waals surface area contributed by atoms with E-state index >= 15 is 0 Å². The summed E-state index contributed by atoms with van der Waals surface area (Å²) in [5.41, 5.74) is 0. The van der Waals surface area contributed by atoms with Crippen LogP contribution >= 0.6 is 46.9 Å². The number of nitrogens with one attached hydrogen (secondary N) is 1. The molecule has 0 bridgehead atoms. The van der Waals surface area contributed by atoms with Gasteiger partial charge in [-0.2, -0.15) is 0 Å². The van der Waals surface area contributed by atoms with Gasteiger partial charge in [0.15, 0.2) is 5.96 Å². The molecule has 1 aliphatic rings. The largest absolute Gasteiger partial charge is 0.347 e. The summed E-state index contributed by atoms with van der Waals surface area (Å²) in [7, 11) is 5.26. The van der Waals surface area contributed by atoms with Crippen LogP contribution in [-0.2, 0) is 11.3 Å². The molecule has 136 valence electrons. The number of thiophene rings is 1. The lowest BCUT2D eigenvalue weighted by Gasteiger charge is -2.36. The fourth-order valence-electron chi connectivity index (χ4n) is 2.42. The van der Waals surface area contributed by atoms with Crippen LogP contribution in [0.4, 0.5) is 0 Å². The topological polar surface area (TPSA) is 51.2 Å². The van der Waals surface area contributed by atoms with Crippen LogP contribution in [0.25, 0.3) is 0 Å². The van der Waals surface area contributed by atoms with Gasteiger partial charge in [-0.15, -0.1) is 35.3 Å². The van der Waals surface area contributed by atoms with Gasteiger partial charge in [-0.3, -0.25) is 14.7 Å². The van der Waals surface area contributed by atoms with Crippen molar-refractivity contribution in [2.45, 2.75) is 6.54 Å². The van der Waals surface area contributed by atoms with Crippen molar-refractivity contribution in [3.05, 3.63) is 21.3 Å². The third kappa shape index (κ3) is 6.38. The number of piperazine rings is 1. The van der Waals surface area contributed by atoms with Gasteiger partial charge in [-0.1, -0.05) is 11.6 Å². The minimum Gasteiger partial charge on any atom is -0.347 e. The zero-order valence-corrected chi connectivity index (χ0v) is 18.2. The average Bonchev–Trinajstić information content (AvgIpc) is 2.94. The van der Waals surface area contributed by atoms with Crippen molar-refractivity contribution < 1.29 is 4.79 Å². The van der Waals surface area contributed by atoms with Crippen molar-refractivity contribution in [1.29, 1.82) is 0 Å². The lowest BCUT2D eigenvalue weighted by molar-refractivity contribution is -0.127. The predicted octanol–water partition coefficient (Wildman–Crippen LogP) is 1.80. The molecule has 2 rings (SSSR count). The van der Waals surface area contributed by atoms with Gasteiger partial charge in [0, 0.05) is 58.7 Å². The molecule has 0 atom stereocenters. The van der Waals surface area contributed by atoms with Gasteiger partial charge in [0.05, 0.1) is 10.9 Å². The van der Waals surface area contributed by atoms with Crippen LogP contribution in [0.5, 0.6) is 0 Å². The quantitative estimate of drug-likeness (QED) is 0.401. The lowest BCUT2D eigenvalue weighted by atomic mass is 10.3. The van der Waals surface area contributed by atoms with Crippen molar-refractivity contribution in [3.63, 3.8) is 0 Å². The van der Waals surface area contributed by atoms with Crippen molar-refractivity contribution in [3.8, 4) is 0 Å². The van der Waals surface area contributed by atoms with E-state index in [1.165, 1.54) is 4.88 Å². The molecular formula is C15H25ClIN5OS. The van der Waals surface area contributed by atoms with E-state index in [-0.39, 0.29) is 36.4 Å². The van der Waals surface area contributed by atoms with Crippen LogP contribution in [0.15, 0.2) is 17.1 Å². The highest BCUT2D eigenvalue weighted by atomic mass is 127. The van der Waals surface area contributed by atoms with Crippen LogP contribution in [0, 0.1) is 0 Å². The smallest absolute Gasteiger partial charge is 0.241 e. The number of carbonyl (C=O) groups is 1. The molecule has 6 nitrogen and oxygen atoms in total. The molecule has 0 radical (unpaired) electrons. The van der Waals surface area contributed by atoms with Gasteiger partial charge < -0.3 is 15.1 Å². The summed E-state index contributed by atoms with van der Waals surface area (Å²) in [5, 5.41) is 3.14. The Bertz CT molecular complexity index is 558. The number of hydrogen-bond donors (Lipinski definition) is 1. The fourth-order valence-corrected chi connectivity index (χ4v) is 3.55. The van der Waals surface area contributed by atoms with Gasteiger partial charge in [0.1, 0.15) is 0 Å². The molecule has 24 heavy (non-hydrogen) atoms. The minimum atomic E-state index is 0. The van der Waals surface area contributed by atoms with Crippen molar-refractivity contribution in [2.24, 2.45) is 4.99 Å². The van der Waals surface area contributed by atoms with Gasteiger partial charge in [-0.25, -0.2) is 0 Å². The number of hydrogen-bond acceptors (Lipinski definition) is 4. The molecule has 1 N–H and O–H groups in total. The molecule has 1 amide bonds. The molecule has 1 aromatic rings. The Kier molecular flexibility index (Phi) is 9.32. The highest BCUT2D eigenvalue weighted by Crippen LogP contribution is 2.23. The molecule has 2 heterocycles. The second-order valence-corrected chi connectivity index (χ2v) is 7.46. The van der Waals surface area contributed by atoms with Crippen LogP contribution in [-0.4, -0.2) is 80.4 Å². The molecule has 0 saturated carbocycles. The zero-order chi connectivity index (χ0) is 16.8. The second-order valence-electron chi connectivity index (χ2n) is 5.66. The Balaban J connectivity index is 0.00000288. The first kappa shape index (κ1) is 21.5. The molecule has 1 aromatic heterocycles. The number of aliphatic imine (C=N–C) groups is 1. The zero-order valence-electron chi connectivity index (χ0n) is 14.3. The first-order valence-electron chi connectivity index (χ1n) is 7.62. The third-order valence-corrected chi connectivity index (χ3v) is 5.00. The van der Waals surface area contributed by atoms with E-state index < -0.39 is 0 Å². The van der Waals surface area contributed by atoms with Gasteiger partial charge in [-0.05, 0) is 12.1 Å². The Labute approximate surface area is 169 Å². The van der Waals surface area contributed by atoms with Crippen LogP contribution < -0.4 is 5.32 Å². The molecule has 0 unspecified atom stereocenters. The molecule has 0 aliphatic carbocycles. The highest BCUT2D eigenvalue weighted by molar-refractivity contribution is 14.0. The maximum atomic E-state index is 11.7. The van der Waals surface area contributed by atoms with Crippen LogP contribution in [0.2, 0.25) is 4.34 Å². The van der Waals surface area contributed by atoms with Crippen molar-refractivity contribution in [1.82, 2.24) is 20.0 Å². The second kappa shape index (κ2) is 10.4. The Morgan fingerprint density at radius 3 is 2.50 bits per heavy atom.